The average Bonchev–Trinajstić information content (AvgIpc) is 2.60. The van der Waals surface area contributed by atoms with E-state index in [-0.39, 0.29) is 5.41 Å². The first kappa shape index (κ1) is 9.41. The summed E-state index contributed by atoms with van der Waals surface area (Å²) in [5.74, 6) is 0. The fourth-order valence-electron chi connectivity index (χ4n) is 2.39. The topological polar surface area (TPSA) is 41.6 Å². The van der Waals surface area contributed by atoms with Crippen LogP contribution < -0.4 is 0 Å². The number of aryl methyl sites for hydroxylation is 1. The van der Waals surface area contributed by atoms with Crippen LogP contribution in [0.2, 0.25) is 0 Å². The van der Waals surface area contributed by atoms with Gasteiger partial charge in [0.1, 0.15) is 0 Å². The Kier molecular flexibility index (Phi) is 1.81. The van der Waals surface area contributed by atoms with Gasteiger partial charge in [0.15, 0.2) is 0 Å². The van der Waals surface area contributed by atoms with Crippen LogP contribution in [-0.4, -0.2) is 9.55 Å². The highest BCUT2D eigenvalue weighted by molar-refractivity contribution is 5.76. The summed E-state index contributed by atoms with van der Waals surface area (Å²) < 4.78 is 2.05. The van der Waals surface area contributed by atoms with Crippen LogP contribution in [0.15, 0.2) is 24.5 Å². The molecule has 1 saturated carbocycles. The second-order valence-corrected chi connectivity index (χ2v) is 4.60. The SMILES string of the molecule is Cn1ccc2ncc(C3(C#N)CCC3)cc21. The lowest BCUT2D eigenvalue weighted by Gasteiger charge is -2.35. The third-order valence-corrected chi connectivity index (χ3v) is 3.71. The van der Waals surface area contributed by atoms with Crippen LogP contribution in [0.25, 0.3) is 11.0 Å². The molecule has 16 heavy (non-hydrogen) atoms. The number of aromatic nitrogens is 2. The molecule has 3 nitrogen and oxygen atoms in total. The van der Waals surface area contributed by atoms with Crippen LogP contribution in [0.5, 0.6) is 0 Å². The number of pyridine rings is 1. The fourth-order valence-corrected chi connectivity index (χ4v) is 2.39. The van der Waals surface area contributed by atoms with Gasteiger partial charge in [0, 0.05) is 19.4 Å². The van der Waals surface area contributed by atoms with Crippen molar-refractivity contribution >= 4 is 11.0 Å². The molecule has 0 N–H and O–H groups in total. The molecule has 2 aromatic heterocycles. The molecule has 0 radical (unpaired) electrons. The highest BCUT2D eigenvalue weighted by Crippen LogP contribution is 2.43. The van der Waals surface area contributed by atoms with E-state index < -0.39 is 0 Å². The molecular formula is C13H13N3. The third kappa shape index (κ3) is 1.10. The van der Waals surface area contributed by atoms with Crippen LogP contribution >= 0.6 is 0 Å². The predicted octanol–water partition coefficient (Wildman–Crippen LogP) is 2.52. The van der Waals surface area contributed by atoms with Crippen molar-refractivity contribution in [2.75, 3.05) is 0 Å². The minimum absolute atomic E-state index is 0.258. The Labute approximate surface area is 94.3 Å². The summed E-state index contributed by atoms with van der Waals surface area (Å²) in [6.45, 7) is 0. The molecule has 0 amide bonds. The Bertz CT molecular complexity index is 585. The molecule has 0 aliphatic heterocycles. The van der Waals surface area contributed by atoms with Gasteiger partial charge in [0.05, 0.1) is 22.5 Å². The van der Waals surface area contributed by atoms with Crippen LogP contribution in [0.3, 0.4) is 0 Å². The quantitative estimate of drug-likeness (QED) is 0.727. The number of fused-ring (bicyclic) bond motifs is 1. The van der Waals surface area contributed by atoms with Crippen LogP contribution in [0.4, 0.5) is 0 Å². The normalized spacial score (nSPS) is 18.0. The molecule has 0 unspecified atom stereocenters. The van der Waals surface area contributed by atoms with Gasteiger partial charge in [-0.1, -0.05) is 0 Å². The van der Waals surface area contributed by atoms with Crippen molar-refractivity contribution in [3.05, 3.63) is 30.1 Å². The van der Waals surface area contributed by atoms with Crippen LogP contribution in [0.1, 0.15) is 24.8 Å². The van der Waals surface area contributed by atoms with Crippen molar-refractivity contribution in [3.8, 4) is 6.07 Å². The van der Waals surface area contributed by atoms with Crippen molar-refractivity contribution < 1.29 is 0 Å². The van der Waals surface area contributed by atoms with E-state index in [2.05, 4.69) is 21.7 Å². The van der Waals surface area contributed by atoms with E-state index in [1.807, 2.05) is 25.5 Å². The van der Waals surface area contributed by atoms with Gasteiger partial charge < -0.3 is 4.57 Å². The van der Waals surface area contributed by atoms with Crippen LogP contribution in [-0.2, 0) is 12.5 Å². The highest BCUT2D eigenvalue weighted by atomic mass is 14.9. The molecular weight excluding hydrogens is 198 g/mol. The molecule has 0 spiro atoms. The fraction of sp³-hybridized carbons (Fsp3) is 0.385. The van der Waals surface area contributed by atoms with Gasteiger partial charge in [-0.3, -0.25) is 4.98 Å². The van der Waals surface area contributed by atoms with Gasteiger partial charge in [-0.05, 0) is 37.0 Å². The minimum Gasteiger partial charge on any atom is -0.349 e. The van der Waals surface area contributed by atoms with E-state index in [4.69, 9.17) is 0 Å². The zero-order valence-electron chi connectivity index (χ0n) is 9.27. The summed E-state index contributed by atoms with van der Waals surface area (Å²) >= 11 is 0. The second-order valence-electron chi connectivity index (χ2n) is 4.60. The Morgan fingerprint density at radius 2 is 2.31 bits per heavy atom. The van der Waals surface area contributed by atoms with Gasteiger partial charge in [0.25, 0.3) is 0 Å². The van der Waals surface area contributed by atoms with Crippen molar-refractivity contribution in [1.29, 1.82) is 5.26 Å². The Hall–Kier alpha value is -1.82. The predicted molar refractivity (Wildman–Crippen MR) is 61.9 cm³/mol. The summed E-state index contributed by atoms with van der Waals surface area (Å²) in [6, 6.07) is 6.57. The zero-order valence-corrected chi connectivity index (χ0v) is 9.27. The van der Waals surface area contributed by atoms with Gasteiger partial charge in [-0.2, -0.15) is 5.26 Å². The van der Waals surface area contributed by atoms with Crippen molar-refractivity contribution in [2.24, 2.45) is 7.05 Å². The smallest absolute Gasteiger partial charge is 0.0881 e. The molecule has 1 fully saturated rings. The van der Waals surface area contributed by atoms with Gasteiger partial charge in [-0.15, -0.1) is 0 Å². The molecule has 1 aliphatic rings. The largest absolute Gasteiger partial charge is 0.349 e. The first-order valence-electron chi connectivity index (χ1n) is 5.58. The van der Waals surface area contributed by atoms with Gasteiger partial charge in [-0.25, -0.2) is 0 Å². The van der Waals surface area contributed by atoms with E-state index in [9.17, 15) is 5.26 Å². The molecule has 2 aromatic rings. The molecule has 3 heteroatoms. The van der Waals surface area contributed by atoms with E-state index >= 15 is 0 Å². The van der Waals surface area contributed by atoms with Gasteiger partial charge in [0.2, 0.25) is 0 Å². The Balaban J connectivity index is 2.18. The average molecular weight is 211 g/mol. The molecule has 0 aromatic carbocycles. The summed E-state index contributed by atoms with van der Waals surface area (Å²) in [4.78, 5) is 4.43. The maximum absolute atomic E-state index is 9.30. The zero-order chi connectivity index (χ0) is 11.2. The second kappa shape index (κ2) is 3.08. The molecule has 0 atom stereocenters. The van der Waals surface area contributed by atoms with E-state index in [1.54, 1.807) is 0 Å². The molecule has 0 bridgehead atoms. The van der Waals surface area contributed by atoms with E-state index in [0.29, 0.717) is 0 Å². The van der Waals surface area contributed by atoms with Crippen LogP contribution in [0, 0.1) is 11.3 Å². The first-order valence-corrected chi connectivity index (χ1v) is 5.58. The number of nitrogens with zero attached hydrogens (tertiary/aromatic N) is 3. The number of hydrogen-bond acceptors (Lipinski definition) is 2. The molecule has 2 heterocycles. The Morgan fingerprint density at radius 3 is 2.94 bits per heavy atom. The minimum atomic E-state index is -0.258. The third-order valence-electron chi connectivity index (χ3n) is 3.71. The number of hydrogen-bond donors (Lipinski definition) is 0. The monoisotopic (exact) mass is 211 g/mol. The lowest BCUT2D eigenvalue weighted by Crippen LogP contribution is -2.32. The lowest BCUT2D eigenvalue weighted by atomic mass is 9.66. The van der Waals surface area contributed by atoms with Crippen molar-refractivity contribution in [1.82, 2.24) is 9.55 Å². The Morgan fingerprint density at radius 1 is 1.50 bits per heavy atom. The summed E-state index contributed by atoms with van der Waals surface area (Å²) in [5, 5.41) is 9.30. The van der Waals surface area contributed by atoms with Gasteiger partial charge >= 0.3 is 0 Å². The van der Waals surface area contributed by atoms with Crippen molar-refractivity contribution in [3.63, 3.8) is 0 Å². The molecule has 80 valence electrons. The maximum atomic E-state index is 9.30. The molecule has 1 aliphatic carbocycles. The van der Waals surface area contributed by atoms with E-state index in [1.165, 1.54) is 0 Å². The molecule has 0 saturated heterocycles. The summed E-state index contributed by atoms with van der Waals surface area (Å²) in [7, 11) is 2.01. The molecule has 3 rings (SSSR count). The lowest BCUT2D eigenvalue weighted by molar-refractivity contribution is 0.323. The summed E-state index contributed by atoms with van der Waals surface area (Å²) in [6.07, 6.45) is 6.97. The van der Waals surface area contributed by atoms with Crippen molar-refractivity contribution in [2.45, 2.75) is 24.7 Å². The summed E-state index contributed by atoms with van der Waals surface area (Å²) in [5.41, 5.74) is 2.93. The van der Waals surface area contributed by atoms with E-state index in [0.717, 1.165) is 35.9 Å². The first-order chi connectivity index (χ1) is 7.75. The maximum Gasteiger partial charge on any atom is 0.0881 e. The number of rotatable bonds is 1. The number of nitriles is 1. The standard InChI is InChI=1S/C13H13N3/c1-16-6-3-11-12(16)7-10(8-15-11)13(9-14)4-2-5-13/h3,6-8H,2,4-5H2,1H3. The highest BCUT2D eigenvalue weighted by Gasteiger charge is 2.39.